The van der Waals surface area contributed by atoms with Crippen molar-refractivity contribution >= 4 is 75.9 Å². The zero-order valence-corrected chi connectivity index (χ0v) is 54.1. The molecule has 19 aromatic rings. The van der Waals surface area contributed by atoms with Crippen LogP contribution in [0, 0.1) is 0 Å². The molecule has 0 atom stereocenters. The molecule has 0 saturated carbocycles. The minimum absolute atomic E-state index is 0.601. The van der Waals surface area contributed by atoms with Crippen molar-refractivity contribution in [2.24, 2.45) is 0 Å². The molecule has 0 aliphatic carbocycles. The lowest BCUT2D eigenvalue weighted by molar-refractivity contribution is 1.16. The van der Waals surface area contributed by atoms with E-state index < -0.39 is 0 Å². The van der Waals surface area contributed by atoms with E-state index in [0.717, 1.165) is 145 Å². The van der Waals surface area contributed by atoms with E-state index in [4.69, 9.17) is 39.9 Å². The van der Waals surface area contributed by atoms with Crippen molar-refractivity contribution in [3.63, 3.8) is 0 Å². The lowest BCUT2D eigenvalue weighted by atomic mass is 9.95. The van der Waals surface area contributed by atoms with E-state index >= 15 is 0 Å². The van der Waals surface area contributed by atoms with Crippen molar-refractivity contribution in [2.45, 2.75) is 0 Å². The second-order valence-corrected chi connectivity index (χ2v) is 25.1. The number of hydrogen-bond donors (Lipinski definition) is 0. The van der Waals surface area contributed by atoms with Crippen LogP contribution in [0.4, 0.5) is 0 Å². The maximum atomic E-state index is 5.15. The molecule has 0 amide bonds. The molecule has 0 fully saturated rings. The monoisotopic (exact) mass is 1270 g/mol. The van der Waals surface area contributed by atoms with Gasteiger partial charge >= 0.3 is 0 Å². The Morgan fingerprint density at radius 3 is 0.930 bits per heavy atom. The number of benzene rings is 13. The third-order valence-corrected chi connectivity index (χ3v) is 18.7. The quantitative estimate of drug-likeness (QED) is 0.125. The molecule has 8 nitrogen and oxygen atoms in total. The normalized spacial score (nSPS) is 11.4. The van der Waals surface area contributed by atoms with Crippen LogP contribution in [0.2, 0.25) is 0 Å². The lowest BCUT2D eigenvalue weighted by Crippen LogP contribution is -1.97. The molecular formula is C92H58N8. The molecule has 0 saturated heterocycles. The van der Waals surface area contributed by atoms with Crippen LogP contribution in [-0.4, -0.2) is 39.9 Å². The van der Waals surface area contributed by atoms with E-state index in [1.165, 1.54) is 32.3 Å². The standard InChI is InChI=1S/C48H30N4.C44H28N4/c1-3-11-32(12-4-1)45-30-46(33-13-5-2-6-14-33)52-48(51-45)44-27-23-38-29-36(21-25-42(38)50-44)35-20-24-41-37(28-35)22-26-43(49-41)40-17-9-15-34-19-18-31-10-7-8-16-39(31)47(34)40;1-3-10-30(11-4-1)42-28-43(31-12-5-2-6-13-31)48-44(47-42)41-24-20-37-27-34(18-22-40(37)46-41)33-17-21-38-36(26-33)19-23-39(45-38)35-16-15-29-9-7-8-14-32(29)25-35/h1-30H;1-28H. The van der Waals surface area contributed by atoms with Gasteiger partial charge in [0.05, 0.1) is 56.2 Å². The van der Waals surface area contributed by atoms with Gasteiger partial charge in [-0.15, -0.1) is 0 Å². The number of aromatic nitrogens is 8. The molecule has 19 rings (SSSR count). The van der Waals surface area contributed by atoms with Crippen molar-refractivity contribution in [3.8, 4) is 113 Å². The SMILES string of the molecule is c1ccc(-c2cc(-c3ccccc3)nc(-c3ccc4cc(-c5ccc6nc(-c7ccc8ccccc8c7)ccc6c5)ccc4n3)n2)cc1.c1ccc(-c2cc(-c3ccccc3)nc(-c3ccc4cc(-c5ccc6nc(-c7cccc8ccc9ccccc9c78)ccc6c5)ccc4n3)n2)cc1. The molecule has 0 bridgehead atoms. The number of nitrogens with zero attached hydrogens (tertiary/aromatic N) is 8. The van der Waals surface area contributed by atoms with Crippen molar-refractivity contribution < 1.29 is 0 Å². The fourth-order valence-electron chi connectivity index (χ4n) is 13.6. The summed E-state index contributed by atoms with van der Waals surface area (Å²) in [4.78, 5) is 40.1. The predicted molar refractivity (Wildman–Crippen MR) is 412 cm³/mol. The van der Waals surface area contributed by atoms with Crippen LogP contribution in [0.3, 0.4) is 0 Å². The third kappa shape index (κ3) is 11.7. The van der Waals surface area contributed by atoms with Gasteiger partial charge < -0.3 is 0 Å². The summed E-state index contributed by atoms with van der Waals surface area (Å²) in [5.74, 6) is 1.20. The fourth-order valence-corrected chi connectivity index (χ4v) is 13.6. The van der Waals surface area contributed by atoms with E-state index in [0.29, 0.717) is 11.6 Å². The third-order valence-electron chi connectivity index (χ3n) is 18.7. The van der Waals surface area contributed by atoms with Crippen molar-refractivity contribution in [2.75, 3.05) is 0 Å². The molecule has 0 aliphatic rings. The van der Waals surface area contributed by atoms with Crippen LogP contribution in [-0.2, 0) is 0 Å². The molecule has 0 aliphatic heterocycles. The van der Waals surface area contributed by atoms with Crippen LogP contribution in [0.25, 0.3) is 189 Å². The molecular weight excluding hydrogens is 1220 g/mol. The Hall–Kier alpha value is -13.6. The van der Waals surface area contributed by atoms with Gasteiger partial charge in [0, 0.05) is 54.9 Å². The highest BCUT2D eigenvalue weighted by molar-refractivity contribution is 6.14. The molecule has 0 spiro atoms. The van der Waals surface area contributed by atoms with Crippen molar-refractivity contribution in [3.05, 3.63) is 352 Å². The molecule has 8 heteroatoms. The van der Waals surface area contributed by atoms with Gasteiger partial charge in [0.25, 0.3) is 0 Å². The van der Waals surface area contributed by atoms with Crippen LogP contribution in [0.5, 0.6) is 0 Å². The van der Waals surface area contributed by atoms with Gasteiger partial charge in [-0.25, -0.2) is 39.9 Å². The summed E-state index contributed by atoms with van der Waals surface area (Å²) in [7, 11) is 0. The second-order valence-electron chi connectivity index (χ2n) is 25.1. The highest BCUT2D eigenvalue weighted by atomic mass is 14.9. The average molecular weight is 1280 g/mol. The minimum atomic E-state index is 0.601. The minimum Gasteiger partial charge on any atom is -0.248 e. The van der Waals surface area contributed by atoms with E-state index in [1.807, 2.05) is 97.1 Å². The first-order valence-corrected chi connectivity index (χ1v) is 33.5. The Morgan fingerprint density at radius 2 is 0.470 bits per heavy atom. The first-order valence-electron chi connectivity index (χ1n) is 33.5. The maximum Gasteiger partial charge on any atom is 0.179 e. The largest absolute Gasteiger partial charge is 0.248 e. The Balaban J connectivity index is 0.000000145. The second kappa shape index (κ2) is 25.5. The first-order chi connectivity index (χ1) is 49.5. The van der Waals surface area contributed by atoms with E-state index in [-0.39, 0.29) is 0 Å². The highest BCUT2D eigenvalue weighted by Gasteiger charge is 2.17. The summed E-state index contributed by atoms with van der Waals surface area (Å²) in [5, 5.41) is 11.7. The van der Waals surface area contributed by atoms with Crippen LogP contribution in [0.15, 0.2) is 352 Å². The fraction of sp³-hybridized carbons (Fsp3) is 0. The number of pyridine rings is 4. The number of rotatable bonds is 10. The van der Waals surface area contributed by atoms with E-state index in [9.17, 15) is 0 Å². The molecule has 13 aromatic carbocycles. The number of fused-ring (bicyclic) bond motifs is 8. The van der Waals surface area contributed by atoms with Crippen LogP contribution < -0.4 is 0 Å². The molecule has 0 radical (unpaired) electrons. The zero-order valence-electron chi connectivity index (χ0n) is 54.1. The highest BCUT2D eigenvalue weighted by Crippen LogP contribution is 2.38. The zero-order chi connectivity index (χ0) is 66.3. The van der Waals surface area contributed by atoms with Gasteiger partial charge in [0.2, 0.25) is 0 Å². The molecule has 6 aromatic heterocycles. The molecule has 466 valence electrons. The summed E-state index contributed by atoms with van der Waals surface area (Å²) < 4.78 is 0. The van der Waals surface area contributed by atoms with Crippen LogP contribution >= 0.6 is 0 Å². The van der Waals surface area contributed by atoms with Crippen molar-refractivity contribution in [1.82, 2.24) is 39.9 Å². The van der Waals surface area contributed by atoms with Gasteiger partial charge in [0.1, 0.15) is 11.4 Å². The maximum absolute atomic E-state index is 5.15. The Labute approximate surface area is 577 Å². The van der Waals surface area contributed by atoms with Gasteiger partial charge in [-0.05, 0) is 146 Å². The summed E-state index contributed by atoms with van der Waals surface area (Å²) in [6, 6.07) is 122. The van der Waals surface area contributed by atoms with Gasteiger partial charge in [-0.1, -0.05) is 261 Å². The summed E-state index contributed by atoms with van der Waals surface area (Å²) in [6.07, 6.45) is 0. The van der Waals surface area contributed by atoms with Gasteiger partial charge in [0.15, 0.2) is 11.6 Å². The summed E-state index contributed by atoms with van der Waals surface area (Å²) in [6.45, 7) is 0. The summed E-state index contributed by atoms with van der Waals surface area (Å²) >= 11 is 0. The molecule has 0 N–H and O–H groups in total. The smallest absolute Gasteiger partial charge is 0.179 e. The Bertz CT molecular complexity index is 6230. The average Bonchev–Trinajstić information content (AvgIpc) is 0.772. The van der Waals surface area contributed by atoms with Gasteiger partial charge in [-0.2, -0.15) is 0 Å². The van der Waals surface area contributed by atoms with E-state index in [2.05, 4.69) is 255 Å². The van der Waals surface area contributed by atoms with E-state index in [1.54, 1.807) is 0 Å². The Kier molecular flexibility index (Phi) is 15.1. The topological polar surface area (TPSA) is 103 Å². The number of hydrogen-bond acceptors (Lipinski definition) is 8. The molecule has 100 heavy (non-hydrogen) atoms. The first kappa shape index (κ1) is 59.0. The molecule has 6 heterocycles. The summed E-state index contributed by atoms with van der Waals surface area (Å²) in [5.41, 5.74) is 21.6. The predicted octanol–water partition coefficient (Wildman–Crippen LogP) is 23.3. The molecule has 0 unspecified atom stereocenters. The Morgan fingerprint density at radius 1 is 0.150 bits per heavy atom. The van der Waals surface area contributed by atoms with Crippen LogP contribution in [0.1, 0.15) is 0 Å². The van der Waals surface area contributed by atoms with Crippen molar-refractivity contribution in [1.29, 1.82) is 0 Å². The van der Waals surface area contributed by atoms with Gasteiger partial charge in [-0.3, -0.25) is 0 Å². The lowest BCUT2D eigenvalue weighted by Gasteiger charge is -2.11.